The predicted molar refractivity (Wildman–Crippen MR) is 169 cm³/mol. The van der Waals surface area contributed by atoms with Gasteiger partial charge in [-0.1, -0.05) is 54.6 Å². The van der Waals surface area contributed by atoms with Crippen molar-refractivity contribution in [2.45, 2.75) is 25.2 Å². The summed E-state index contributed by atoms with van der Waals surface area (Å²) in [6, 6.07) is 21.1. The molecule has 236 valence electrons. The summed E-state index contributed by atoms with van der Waals surface area (Å²) in [5, 5.41) is 32.6. The molecule has 1 aliphatic rings. The number of aromatic hydroxyl groups is 3. The maximum atomic E-state index is 13.4. The molecule has 10 heteroatoms. The van der Waals surface area contributed by atoms with Crippen LogP contribution in [0.5, 0.6) is 34.5 Å². The third-order valence-corrected chi connectivity index (χ3v) is 8.13. The molecule has 0 aliphatic carbocycles. The van der Waals surface area contributed by atoms with Crippen LogP contribution in [-0.2, 0) is 22.4 Å². The van der Waals surface area contributed by atoms with Gasteiger partial charge in [-0.3, -0.25) is 9.59 Å². The summed E-state index contributed by atoms with van der Waals surface area (Å²) >= 11 is 0. The zero-order chi connectivity index (χ0) is 32.4. The van der Waals surface area contributed by atoms with Crippen LogP contribution in [-0.4, -0.2) is 48.7 Å². The molecule has 0 saturated heterocycles. The number of hydrogen-bond donors (Lipinski definition) is 3. The van der Waals surface area contributed by atoms with Crippen LogP contribution in [0.25, 0.3) is 22.3 Å². The smallest absolute Gasteiger partial charge is 0.306 e. The van der Waals surface area contributed by atoms with Crippen LogP contribution in [0.1, 0.15) is 34.6 Å². The number of methoxy groups -OCH3 is 2. The van der Waals surface area contributed by atoms with Gasteiger partial charge < -0.3 is 38.7 Å². The first-order valence-corrected chi connectivity index (χ1v) is 14.7. The van der Waals surface area contributed by atoms with Crippen molar-refractivity contribution in [2.24, 2.45) is 0 Å². The molecular formula is C36H32O10. The second-order valence-electron chi connectivity index (χ2n) is 10.9. The van der Waals surface area contributed by atoms with Gasteiger partial charge in [0, 0.05) is 41.5 Å². The van der Waals surface area contributed by atoms with E-state index in [1.165, 1.54) is 20.3 Å². The van der Waals surface area contributed by atoms with Crippen LogP contribution in [0.4, 0.5) is 0 Å². The molecule has 1 aromatic heterocycles. The van der Waals surface area contributed by atoms with Crippen LogP contribution >= 0.6 is 0 Å². The lowest BCUT2D eigenvalue weighted by molar-refractivity contribution is -0.140. The van der Waals surface area contributed by atoms with E-state index in [4.69, 9.17) is 23.4 Å². The Hall–Kier alpha value is -5.64. The summed E-state index contributed by atoms with van der Waals surface area (Å²) in [7, 11) is 2.70. The highest BCUT2D eigenvalue weighted by molar-refractivity contribution is 5.94. The summed E-state index contributed by atoms with van der Waals surface area (Å²) in [4.78, 5) is 26.3. The highest BCUT2D eigenvalue weighted by Crippen LogP contribution is 2.51. The molecule has 10 nitrogen and oxygen atoms in total. The van der Waals surface area contributed by atoms with Gasteiger partial charge in [-0.15, -0.1) is 0 Å². The number of hydrogen-bond acceptors (Lipinski definition) is 10. The van der Waals surface area contributed by atoms with Crippen molar-refractivity contribution in [1.29, 1.82) is 0 Å². The summed E-state index contributed by atoms with van der Waals surface area (Å²) in [6.45, 7) is 0.890. The molecule has 0 bridgehead atoms. The molecule has 5 aromatic rings. The number of ether oxygens (including phenoxy) is 4. The van der Waals surface area contributed by atoms with E-state index in [1.54, 1.807) is 48.5 Å². The second-order valence-corrected chi connectivity index (χ2v) is 10.9. The summed E-state index contributed by atoms with van der Waals surface area (Å²) < 4.78 is 28.8. The maximum absolute atomic E-state index is 13.4. The summed E-state index contributed by atoms with van der Waals surface area (Å²) in [6.07, 6.45) is 1.04. The van der Waals surface area contributed by atoms with E-state index in [2.05, 4.69) is 6.07 Å². The van der Waals surface area contributed by atoms with Crippen molar-refractivity contribution < 1.29 is 43.5 Å². The standard InChI is InChI=1S/C36H32O10/c1-42-27-10-6-9-23(35(27)45-15-13-20-11-12-26-22(17-20)14-16-44-26)24(18-29(38)43-2)30-32(39)34(41)33(40)31-25(37)19-28(46-36(30)31)21-7-4-3-5-8-21/h3-12,17,19,24,39-41H,13-16,18H2,1-2H3/t24-/m1/s1. The van der Waals surface area contributed by atoms with Gasteiger partial charge in [-0.2, -0.15) is 0 Å². The Morgan fingerprint density at radius 3 is 2.50 bits per heavy atom. The van der Waals surface area contributed by atoms with Crippen LogP contribution in [0, 0.1) is 0 Å². The molecule has 1 aliphatic heterocycles. The van der Waals surface area contributed by atoms with Crippen molar-refractivity contribution in [2.75, 3.05) is 27.4 Å². The third kappa shape index (κ3) is 5.65. The number of fused-ring (bicyclic) bond motifs is 2. The molecule has 46 heavy (non-hydrogen) atoms. The number of para-hydroxylation sites is 1. The van der Waals surface area contributed by atoms with Crippen molar-refractivity contribution in [1.82, 2.24) is 0 Å². The minimum atomic E-state index is -1.09. The highest BCUT2D eigenvalue weighted by Gasteiger charge is 2.33. The van der Waals surface area contributed by atoms with Gasteiger partial charge in [0.25, 0.3) is 0 Å². The highest BCUT2D eigenvalue weighted by atomic mass is 16.5. The molecule has 6 rings (SSSR count). The molecule has 2 heterocycles. The number of benzene rings is 4. The van der Waals surface area contributed by atoms with Crippen LogP contribution < -0.4 is 19.6 Å². The zero-order valence-corrected chi connectivity index (χ0v) is 25.2. The molecule has 0 unspecified atom stereocenters. The molecule has 3 N–H and O–H groups in total. The number of phenolic OH excluding ortho intramolecular Hbond substituents is 3. The topological polar surface area (TPSA) is 145 Å². The van der Waals surface area contributed by atoms with Gasteiger partial charge in [0.1, 0.15) is 22.5 Å². The molecule has 1 atom stereocenters. The molecular weight excluding hydrogens is 592 g/mol. The lowest BCUT2D eigenvalue weighted by Gasteiger charge is -2.24. The van der Waals surface area contributed by atoms with Crippen LogP contribution in [0.2, 0.25) is 0 Å². The molecule has 0 spiro atoms. The van der Waals surface area contributed by atoms with E-state index in [0.29, 0.717) is 29.9 Å². The second kappa shape index (κ2) is 12.8. The number of carbonyl (C=O) groups excluding carboxylic acids is 1. The minimum Gasteiger partial charge on any atom is -0.504 e. The number of esters is 1. The first-order chi connectivity index (χ1) is 22.3. The Kier molecular flexibility index (Phi) is 8.43. The average molecular weight is 625 g/mol. The van der Waals surface area contributed by atoms with E-state index >= 15 is 0 Å². The van der Waals surface area contributed by atoms with E-state index in [9.17, 15) is 24.9 Å². The van der Waals surface area contributed by atoms with Gasteiger partial charge in [0.05, 0.1) is 33.9 Å². The quantitative estimate of drug-likeness (QED) is 0.128. The Bertz CT molecular complexity index is 1980. The summed E-state index contributed by atoms with van der Waals surface area (Å²) in [5.41, 5.74) is 2.17. The van der Waals surface area contributed by atoms with Crippen molar-refractivity contribution >= 4 is 16.9 Å². The maximum Gasteiger partial charge on any atom is 0.306 e. The van der Waals surface area contributed by atoms with Gasteiger partial charge in [-0.05, 0) is 23.3 Å². The predicted octanol–water partition coefficient (Wildman–Crippen LogP) is 5.84. The van der Waals surface area contributed by atoms with Gasteiger partial charge in [-0.25, -0.2) is 0 Å². The van der Waals surface area contributed by atoms with Crippen molar-refractivity contribution in [3.8, 4) is 45.8 Å². The molecule has 0 saturated carbocycles. The monoisotopic (exact) mass is 624 g/mol. The van der Waals surface area contributed by atoms with Crippen molar-refractivity contribution in [3.05, 3.63) is 105 Å². The Balaban J connectivity index is 1.50. The van der Waals surface area contributed by atoms with E-state index < -0.39 is 34.6 Å². The number of carbonyl (C=O) groups is 1. The van der Waals surface area contributed by atoms with Crippen molar-refractivity contribution in [3.63, 3.8) is 0 Å². The molecule has 0 fully saturated rings. The Morgan fingerprint density at radius 2 is 1.74 bits per heavy atom. The fourth-order valence-electron chi connectivity index (χ4n) is 5.85. The Morgan fingerprint density at radius 1 is 0.935 bits per heavy atom. The van der Waals surface area contributed by atoms with Gasteiger partial charge >= 0.3 is 5.97 Å². The zero-order valence-electron chi connectivity index (χ0n) is 25.2. The molecule has 4 aromatic carbocycles. The number of phenols is 3. The Labute approximate surface area is 264 Å². The SMILES string of the molecule is COC(=O)C[C@H](c1cccc(OC)c1OCCc1ccc2c(c1)CCO2)c1c(O)c(O)c(O)c2c(=O)cc(-c3ccccc3)oc12. The van der Waals surface area contributed by atoms with E-state index in [0.717, 1.165) is 23.3 Å². The fraction of sp³-hybridized carbons (Fsp3) is 0.222. The van der Waals surface area contributed by atoms with E-state index in [-0.39, 0.29) is 41.1 Å². The normalized spacial score (nSPS) is 12.7. The number of rotatable bonds is 10. The first kappa shape index (κ1) is 30.4. The van der Waals surface area contributed by atoms with Gasteiger partial charge in [0.2, 0.25) is 5.75 Å². The molecule has 0 radical (unpaired) electrons. The fourth-order valence-corrected chi connectivity index (χ4v) is 5.85. The van der Waals surface area contributed by atoms with Gasteiger partial charge in [0.15, 0.2) is 28.4 Å². The van der Waals surface area contributed by atoms with E-state index in [1.807, 2.05) is 12.1 Å². The van der Waals surface area contributed by atoms with Crippen LogP contribution in [0.3, 0.4) is 0 Å². The summed E-state index contributed by atoms with van der Waals surface area (Å²) in [5.74, 6) is -2.60. The largest absolute Gasteiger partial charge is 0.504 e. The average Bonchev–Trinajstić information content (AvgIpc) is 3.55. The molecule has 0 amide bonds. The lowest BCUT2D eigenvalue weighted by atomic mass is 9.85. The van der Waals surface area contributed by atoms with Crippen LogP contribution in [0.15, 0.2) is 82.0 Å². The lowest BCUT2D eigenvalue weighted by Crippen LogP contribution is -2.14. The first-order valence-electron chi connectivity index (χ1n) is 14.7. The minimum absolute atomic E-state index is 0.109. The third-order valence-electron chi connectivity index (χ3n) is 8.13.